The van der Waals surface area contributed by atoms with Gasteiger partial charge in [0.2, 0.25) is 0 Å². The summed E-state index contributed by atoms with van der Waals surface area (Å²) >= 11 is 0. The van der Waals surface area contributed by atoms with E-state index < -0.39 is 12.1 Å². The zero-order valence-electron chi connectivity index (χ0n) is 29.5. The molecule has 46 heavy (non-hydrogen) atoms. The largest absolute Gasteiger partial charge is 0.652 e. The zero-order chi connectivity index (χ0) is 33.4. The Hall–Kier alpha value is -1.26. The molecule has 0 saturated carbocycles. The van der Waals surface area contributed by atoms with Gasteiger partial charge in [0.25, 0.3) is 0 Å². The maximum atomic E-state index is 12.2. The van der Waals surface area contributed by atoms with Gasteiger partial charge in [-0.2, -0.15) is 0 Å². The predicted molar refractivity (Wildman–Crippen MR) is 175 cm³/mol. The molecule has 0 amide bonds. The van der Waals surface area contributed by atoms with E-state index in [2.05, 4.69) is 37.3 Å². The summed E-state index contributed by atoms with van der Waals surface area (Å²) in [7, 11) is 0. The topological polar surface area (TPSA) is 118 Å². The van der Waals surface area contributed by atoms with E-state index in [0.29, 0.717) is 31.8 Å². The quantitative estimate of drug-likeness (QED) is 0.0297. The molecule has 0 saturated heterocycles. The normalized spacial score (nSPS) is 12.1. The fourth-order valence-electron chi connectivity index (χ4n) is 4.98. The van der Waals surface area contributed by atoms with Gasteiger partial charge in [-0.05, 0) is 51.1 Å². The third kappa shape index (κ3) is 30.1. The van der Waals surface area contributed by atoms with E-state index in [-0.39, 0.29) is 77.5 Å². The molecule has 0 bridgehead atoms. The van der Waals surface area contributed by atoms with Crippen molar-refractivity contribution in [1.29, 1.82) is 0 Å². The Morgan fingerprint density at radius 3 is 1.67 bits per heavy atom. The van der Waals surface area contributed by atoms with Crippen molar-refractivity contribution in [3.05, 3.63) is 0 Å². The Kier molecular flexibility index (Phi) is 35.7. The van der Waals surface area contributed by atoms with Crippen LogP contribution >= 0.6 is 0 Å². The van der Waals surface area contributed by atoms with E-state index >= 15 is 0 Å². The number of carbonyl (C=O) groups excluding carboxylic acids is 4. The van der Waals surface area contributed by atoms with E-state index in [1.807, 2.05) is 0 Å². The summed E-state index contributed by atoms with van der Waals surface area (Å²) in [4.78, 5) is 49.0. The molecule has 0 N–H and O–H groups in total. The van der Waals surface area contributed by atoms with E-state index in [0.717, 1.165) is 64.6 Å². The first-order valence-electron chi connectivity index (χ1n) is 17.7. The van der Waals surface area contributed by atoms with Gasteiger partial charge < -0.3 is 33.4 Å². The molecule has 10 nitrogen and oxygen atoms in total. The van der Waals surface area contributed by atoms with Crippen LogP contribution in [0.25, 0.3) is 0 Å². The monoisotopic (exact) mass is 731 g/mol. The summed E-state index contributed by atoms with van der Waals surface area (Å²) in [6, 6.07) is 0. The van der Waals surface area contributed by atoms with Gasteiger partial charge in [-0.25, -0.2) is 4.79 Å². The van der Waals surface area contributed by atoms with Gasteiger partial charge in [0.15, 0.2) is 0 Å². The number of esters is 2. The molecule has 0 heterocycles. The van der Waals surface area contributed by atoms with Gasteiger partial charge in [-0.1, -0.05) is 98.4 Å². The van der Waals surface area contributed by atoms with Gasteiger partial charge in [0, 0.05) is 52.1 Å². The van der Waals surface area contributed by atoms with Gasteiger partial charge in [0.1, 0.15) is 13.2 Å². The summed E-state index contributed by atoms with van der Waals surface area (Å²) in [5.41, 5.74) is 0. The average molecular weight is 732 g/mol. The summed E-state index contributed by atoms with van der Waals surface area (Å²) in [5.74, 6) is -0.449. The van der Waals surface area contributed by atoms with Crippen LogP contribution in [-0.2, 0) is 70.8 Å². The van der Waals surface area contributed by atoms with E-state index in [1.165, 1.54) is 45.0 Å². The fourth-order valence-corrected chi connectivity index (χ4v) is 4.98. The van der Waals surface area contributed by atoms with Gasteiger partial charge in [0.05, 0.1) is 25.7 Å². The Morgan fingerprint density at radius 2 is 1.11 bits per heavy atom. The van der Waals surface area contributed by atoms with Gasteiger partial charge in [-0.3, -0.25) is 9.59 Å². The number of unbranched alkanes of at least 4 members (excludes halogenated alkanes) is 9. The molecule has 1 radical (unpaired) electrons. The van der Waals surface area contributed by atoms with Crippen molar-refractivity contribution in [2.24, 2.45) is 11.8 Å². The van der Waals surface area contributed by atoms with Crippen LogP contribution in [0.4, 0.5) is 4.79 Å². The second-order valence-electron chi connectivity index (χ2n) is 11.9. The van der Waals surface area contributed by atoms with Crippen molar-refractivity contribution in [2.45, 2.75) is 137 Å². The Labute approximate surface area is 305 Å². The van der Waals surface area contributed by atoms with E-state index in [1.54, 1.807) is 0 Å². The van der Waals surface area contributed by atoms with Crippen LogP contribution in [0.5, 0.6) is 0 Å². The van der Waals surface area contributed by atoms with Crippen molar-refractivity contribution < 1.29 is 75.6 Å². The maximum Gasteiger partial charge on any atom is 0.508 e. The summed E-state index contributed by atoms with van der Waals surface area (Å²) in [6.07, 6.45) is 15.7. The molecule has 0 rings (SSSR count). The molecule has 0 fully saturated rings. The second-order valence-corrected chi connectivity index (χ2v) is 11.9. The summed E-state index contributed by atoms with van der Waals surface area (Å²) in [6.45, 7) is 13.2. The third-order valence-electron chi connectivity index (χ3n) is 7.95. The molecule has 0 aliphatic carbocycles. The van der Waals surface area contributed by atoms with Crippen LogP contribution in [0.2, 0.25) is 0 Å². The number of rotatable bonds is 32. The predicted octanol–water partition coefficient (Wildman–Crippen LogP) is 7.55. The molecule has 0 spiro atoms. The standard InChI is InChI=1S/C35H64NO9.Y/c1-5-9-11-16-21-31(20-10-6-2)27-43-33(38)22-17-14-12-13-15-18-23-34(39)44-28-32(26-41-30-37)29-45-35(40)42-25-19-24-36(7-3)8-4;/h31-32H,5-29H2,1-4H3;/q-1;. The fraction of sp³-hybridized carbons (Fsp3) is 0.886. The Morgan fingerprint density at radius 1 is 0.587 bits per heavy atom. The van der Waals surface area contributed by atoms with Crippen molar-refractivity contribution in [2.75, 3.05) is 52.7 Å². The average Bonchev–Trinajstić information content (AvgIpc) is 3.04. The molecule has 2 atom stereocenters. The van der Waals surface area contributed by atoms with Gasteiger partial charge in [-0.15, -0.1) is 0 Å². The SMILES string of the molecule is CCCCCCC(CCCC)COC(=O)CCCCCCCCC(=O)OCC(CO[C-]=O)COC(=O)OCCCN(CC)CC.[Y]. The van der Waals surface area contributed by atoms with Crippen LogP contribution in [0, 0.1) is 11.8 Å². The minimum atomic E-state index is -0.804. The molecule has 0 aliphatic heterocycles. The molecule has 0 aromatic carbocycles. The van der Waals surface area contributed by atoms with Crippen molar-refractivity contribution in [1.82, 2.24) is 4.90 Å². The minimum Gasteiger partial charge on any atom is -0.652 e. The molecule has 0 aromatic rings. The number of carbonyl (C=O) groups is 3. The Bertz CT molecular complexity index is 737. The molecule has 267 valence electrons. The van der Waals surface area contributed by atoms with Gasteiger partial charge >= 0.3 is 18.1 Å². The first-order valence-corrected chi connectivity index (χ1v) is 17.7. The first-order chi connectivity index (χ1) is 21.9. The van der Waals surface area contributed by atoms with E-state index in [4.69, 9.17) is 18.9 Å². The maximum absolute atomic E-state index is 12.2. The summed E-state index contributed by atoms with van der Waals surface area (Å²) < 4.78 is 25.8. The van der Waals surface area contributed by atoms with Crippen molar-refractivity contribution in [3.63, 3.8) is 0 Å². The minimum absolute atomic E-state index is 0. The zero-order valence-corrected chi connectivity index (χ0v) is 32.4. The molecule has 0 aromatic heterocycles. The molecular weight excluding hydrogens is 667 g/mol. The second kappa shape index (κ2) is 35.1. The van der Waals surface area contributed by atoms with Crippen molar-refractivity contribution >= 4 is 24.6 Å². The van der Waals surface area contributed by atoms with Crippen LogP contribution in [-0.4, -0.2) is 82.1 Å². The first kappa shape index (κ1) is 46.9. The number of ether oxygens (including phenoxy) is 5. The van der Waals surface area contributed by atoms with Crippen LogP contribution < -0.4 is 0 Å². The molecule has 11 heteroatoms. The molecule has 2 unspecified atom stereocenters. The van der Waals surface area contributed by atoms with Crippen LogP contribution in [0.1, 0.15) is 137 Å². The third-order valence-corrected chi connectivity index (χ3v) is 7.95. The van der Waals surface area contributed by atoms with E-state index in [9.17, 15) is 19.2 Å². The van der Waals surface area contributed by atoms with Crippen LogP contribution in [0.15, 0.2) is 0 Å². The smallest absolute Gasteiger partial charge is 0.508 e. The number of hydrogen-bond donors (Lipinski definition) is 0. The summed E-state index contributed by atoms with van der Waals surface area (Å²) in [5, 5.41) is 0. The number of hydrogen-bond acceptors (Lipinski definition) is 10. The Balaban J connectivity index is 0. The molecular formula is C35H64NO9Y-. The molecule has 0 aliphatic rings. The van der Waals surface area contributed by atoms with Crippen molar-refractivity contribution in [3.8, 4) is 0 Å². The number of nitrogens with zero attached hydrogens (tertiary/aromatic N) is 1. The van der Waals surface area contributed by atoms with Crippen LogP contribution in [0.3, 0.4) is 0 Å².